The van der Waals surface area contributed by atoms with Crippen LogP contribution in [-0.2, 0) is 4.74 Å². The third kappa shape index (κ3) is 6.83. The number of anilines is 1. The molecule has 2 heterocycles. The molecule has 0 radical (unpaired) electrons. The molecule has 11 heteroatoms. The second-order valence-corrected chi connectivity index (χ2v) is 10.1. The molecule has 40 heavy (non-hydrogen) atoms. The van der Waals surface area contributed by atoms with Crippen LogP contribution in [0.2, 0.25) is 5.02 Å². The number of pyridine rings is 2. The van der Waals surface area contributed by atoms with Crippen molar-refractivity contribution in [1.29, 1.82) is 0 Å². The molecule has 0 aliphatic heterocycles. The van der Waals surface area contributed by atoms with Gasteiger partial charge in [-0.2, -0.15) is 0 Å². The van der Waals surface area contributed by atoms with Crippen LogP contribution in [0.25, 0.3) is 22.2 Å². The summed E-state index contributed by atoms with van der Waals surface area (Å²) >= 11 is 6.22. The molecule has 0 aliphatic rings. The molecule has 3 amide bonds. The fourth-order valence-corrected chi connectivity index (χ4v) is 3.81. The highest BCUT2D eigenvalue weighted by atomic mass is 35.5. The highest BCUT2D eigenvalue weighted by Gasteiger charge is 2.19. The maximum absolute atomic E-state index is 13.0. The Morgan fingerprint density at radius 1 is 0.975 bits per heavy atom. The van der Waals surface area contributed by atoms with E-state index in [-0.39, 0.29) is 11.4 Å². The summed E-state index contributed by atoms with van der Waals surface area (Å²) in [5.74, 6) is 5.08. The molecule has 202 valence electrons. The van der Waals surface area contributed by atoms with Crippen LogP contribution in [0.3, 0.4) is 0 Å². The van der Waals surface area contributed by atoms with Crippen molar-refractivity contribution in [3.8, 4) is 23.1 Å². The second kappa shape index (κ2) is 11.3. The van der Waals surface area contributed by atoms with Gasteiger partial charge in [-0.25, -0.2) is 20.2 Å². The largest absolute Gasteiger partial charge is 0.443 e. The predicted molar refractivity (Wildman–Crippen MR) is 152 cm³/mol. The summed E-state index contributed by atoms with van der Waals surface area (Å²) in [5, 5.41) is 0.768. The number of nitrogen functional groups attached to an aromatic ring is 1. The fraction of sp³-hybridized carbons (Fsp3) is 0.138. The van der Waals surface area contributed by atoms with Gasteiger partial charge in [0.1, 0.15) is 11.4 Å². The van der Waals surface area contributed by atoms with Gasteiger partial charge in [0, 0.05) is 39.9 Å². The number of ether oxygens (including phenoxy) is 1. The number of carbonyl (C=O) groups excluding carboxylic acids is 3. The first kappa shape index (κ1) is 27.9. The lowest BCUT2D eigenvalue weighted by molar-refractivity contribution is 0.0483. The first-order valence-corrected chi connectivity index (χ1v) is 12.3. The number of primary amides is 1. The van der Waals surface area contributed by atoms with E-state index in [0.29, 0.717) is 43.9 Å². The van der Waals surface area contributed by atoms with Gasteiger partial charge < -0.3 is 16.2 Å². The minimum absolute atomic E-state index is 0.224. The van der Waals surface area contributed by atoms with Crippen molar-refractivity contribution in [3.05, 3.63) is 88.1 Å². The molecular weight excluding hydrogens is 532 g/mol. The molecule has 2 aromatic carbocycles. The summed E-state index contributed by atoms with van der Waals surface area (Å²) in [7, 11) is 0. The molecular formula is C29H25ClN6O4. The number of halogens is 1. The number of carbonyl (C=O) groups is 3. The highest BCUT2D eigenvalue weighted by molar-refractivity contribution is 6.32. The molecule has 0 unspecified atom stereocenters. The van der Waals surface area contributed by atoms with E-state index in [0.717, 1.165) is 0 Å². The van der Waals surface area contributed by atoms with Gasteiger partial charge in [-0.15, -0.1) is 0 Å². The Balaban J connectivity index is 1.61. The summed E-state index contributed by atoms with van der Waals surface area (Å²) in [5.41, 5.74) is 18.4. The summed E-state index contributed by atoms with van der Waals surface area (Å²) in [6.45, 7) is 5.13. The summed E-state index contributed by atoms with van der Waals surface area (Å²) < 4.78 is 5.16. The average molecular weight is 557 g/mol. The van der Waals surface area contributed by atoms with Crippen LogP contribution < -0.4 is 22.3 Å². The van der Waals surface area contributed by atoms with Crippen molar-refractivity contribution in [2.45, 2.75) is 26.4 Å². The molecule has 0 atom stereocenters. The Labute approximate surface area is 235 Å². The number of nitrogens with zero attached hydrogens (tertiary/aromatic N) is 2. The van der Waals surface area contributed by atoms with Gasteiger partial charge in [-0.05, 0) is 57.2 Å². The van der Waals surface area contributed by atoms with E-state index in [4.69, 9.17) is 27.8 Å². The lowest BCUT2D eigenvalue weighted by atomic mass is 10.0. The third-order valence-corrected chi connectivity index (χ3v) is 5.73. The number of rotatable bonds is 3. The van der Waals surface area contributed by atoms with Crippen LogP contribution >= 0.6 is 11.6 Å². The van der Waals surface area contributed by atoms with Gasteiger partial charge in [0.05, 0.1) is 21.8 Å². The van der Waals surface area contributed by atoms with E-state index in [1.54, 1.807) is 69.3 Å². The summed E-state index contributed by atoms with van der Waals surface area (Å²) in [6.07, 6.45) is 0.646. The Morgan fingerprint density at radius 2 is 1.70 bits per heavy atom. The smallest absolute Gasteiger partial charge is 0.426 e. The molecule has 0 saturated carbocycles. The van der Waals surface area contributed by atoms with Gasteiger partial charge in [-0.1, -0.05) is 35.6 Å². The molecule has 0 saturated heterocycles. The lowest BCUT2D eigenvalue weighted by Gasteiger charge is -2.20. The van der Waals surface area contributed by atoms with E-state index in [2.05, 4.69) is 32.7 Å². The average Bonchev–Trinajstić information content (AvgIpc) is 2.89. The summed E-state index contributed by atoms with van der Waals surface area (Å²) in [6, 6.07) is 15.0. The maximum Gasteiger partial charge on any atom is 0.426 e. The number of nitrogens with two attached hydrogens (primary N) is 2. The number of benzene rings is 2. The molecule has 0 spiro atoms. The minimum atomic E-state index is -0.802. The topological polar surface area (TPSA) is 162 Å². The zero-order valence-corrected chi connectivity index (χ0v) is 22.6. The van der Waals surface area contributed by atoms with Gasteiger partial charge in [0.2, 0.25) is 5.91 Å². The van der Waals surface area contributed by atoms with E-state index in [1.807, 2.05) is 0 Å². The molecule has 0 fully saturated rings. The maximum atomic E-state index is 13.0. The first-order chi connectivity index (χ1) is 18.9. The quantitative estimate of drug-likeness (QED) is 0.217. The second-order valence-electron chi connectivity index (χ2n) is 9.65. The molecule has 0 aliphatic carbocycles. The molecule has 6 N–H and O–H groups in total. The van der Waals surface area contributed by atoms with E-state index < -0.39 is 23.5 Å². The SMILES string of the molecule is CC(C)(C)OC(=O)NNC(=O)c1cc(-c2ccc(C#Cc3ccc(C(N)=O)cc3Cl)cc2)nc2cc(N)ncc12. The van der Waals surface area contributed by atoms with Crippen LogP contribution in [0.4, 0.5) is 10.6 Å². The standard InChI is InChI=1S/C29H25ClN6O4/c1-29(2,3)40-28(39)36-35-27(38)20-13-23(34-24-14-25(31)33-15-21(20)24)18-8-5-16(6-9-18)4-7-17-10-11-19(26(32)37)12-22(17)30/h5-6,8-15H,1-3H3,(H2,31,33)(H2,32,37)(H,35,38)(H,36,39). The van der Waals surface area contributed by atoms with Crippen molar-refractivity contribution < 1.29 is 19.1 Å². The number of hydrazine groups is 1. The van der Waals surface area contributed by atoms with Crippen molar-refractivity contribution in [3.63, 3.8) is 0 Å². The predicted octanol–water partition coefficient (Wildman–Crippen LogP) is 4.20. The van der Waals surface area contributed by atoms with E-state index in [9.17, 15) is 14.4 Å². The zero-order chi connectivity index (χ0) is 29.0. The van der Waals surface area contributed by atoms with Crippen molar-refractivity contribution in [1.82, 2.24) is 20.8 Å². The third-order valence-electron chi connectivity index (χ3n) is 5.41. The van der Waals surface area contributed by atoms with Crippen LogP contribution in [0.1, 0.15) is 52.6 Å². The molecule has 0 bridgehead atoms. The highest BCUT2D eigenvalue weighted by Crippen LogP contribution is 2.26. The Hall–Kier alpha value is -5.14. The van der Waals surface area contributed by atoms with Crippen molar-refractivity contribution in [2.75, 3.05) is 5.73 Å². The van der Waals surface area contributed by atoms with Crippen LogP contribution in [0.5, 0.6) is 0 Å². The fourth-order valence-electron chi connectivity index (χ4n) is 3.58. The number of nitrogens with one attached hydrogen (secondary N) is 2. The van der Waals surface area contributed by atoms with Gasteiger partial charge in [-0.3, -0.25) is 15.0 Å². The molecule has 2 aromatic heterocycles. The molecule has 10 nitrogen and oxygen atoms in total. The first-order valence-electron chi connectivity index (χ1n) is 12.0. The van der Waals surface area contributed by atoms with Crippen LogP contribution in [-0.4, -0.2) is 33.5 Å². The van der Waals surface area contributed by atoms with E-state index in [1.165, 1.54) is 12.3 Å². The van der Waals surface area contributed by atoms with E-state index >= 15 is 0 Å². The monoisotopic (exact) mass is 556 g/mol. The Kier molecular flexibility index (Phi) is 7.88. The van der Waals surface area contributed by atoms with Crippen LogP contribution in [0, 0.1) is 11.8 Å². The number of amides is 3. The van der Waals surface area contributed by atoms with Gasteiger partial charge in [0.15, 0.2) is 0 Å². The number of aromatic nitrogens is 2. The minimum Gasteiger partial charge on any atom is -0.443 e. The lowest BCUT2D eigenvalue weighted by Crippen LogP contribution is -2.44. The normalized spacial score (nSPS) is 10.8. The number of hydrogen-bond donors (Lipinski definition) is 4. The number of fused-ring (bicyclic) bond motifs is 1. The molecule has 4 rings (SSSR count). The van der Waals surface area contributed by atoms with Crippen LogP contribution in [0.15, 0.2) is 60.8 Å². The zero-order valence-electron chi connectivity index (χ0n) is 21.8. The molecule has 4 aromatic rings. The van der Waals surface area contributed by atoms with Gasteiger partial charge in [0.25, 0.3) is 5.91 Å². The van der Waals surface area contributed by atoms with Crippen molar-refractivity contribution in [2.24, 2.45) is 5.73 Å². The summed E-state index contributed by atoms with van der Waals surface area (Å²) in [4.78, 5) is 45.1. The van der Waals surface area contributed by atoms with Crippen molar-refractivity contribution >= 4 is 46.2 Å². The Bertz CT molecular complexity index is 1700. The van der Waals surface area contributed by atoms with Gasteiger partial charge >= 0.3 is 6.09 Å². The number of hydrogen-bond acceptors (Lipinski definition) is 7. The Morgan fingerprint density at radius 3 is 2.35 bits per heavy atom.